The summed E-state index contributed by atoms with van der Waals surface area (Å²) in [5.74, 6) is -0.121. The van der Waals surface area contributed by atoms with Crippen LogP contribution in [0.3, 0.4) is 0 Å². The van der Waals surface area contributed by atoms with Crippen molar-refractivity contribution in [2.45, 2.75) is 18.4 Å². The second-order valence-corrected chi connectivity index (χ2v) is 7.99. The molecule has 1 aromatic carbocycles. The molecule has 0 spiro atoms. The van der Waals surface area contributed by atoms with Gasteiger partial charge in [-0.15, -0.1) is 0 Å². The summed E-state index contributed by atoms with van der Waals surface area (Å²) in [6, 6.07) is 5.37. The molecule has 2 rings (SSSR count). The van der Waals surface area contributed by atoms with Crippen LogP contribution in [0.4, 0.5) is 0 Å². The largest absolute Gasteiger partial charge is 0.388 e. The second kappa shape index (κ2) is 4.53. The minimum Gasteiger partial charge on any atom is -0.388 e. The van der Waals surface area contributed by atoms with Crippen LogP contribution in [-0.4, -0.2) is 30.6 Å². The number of hydrogen-bond acceptors (Lipinski definition) is 3. The van der Waals surface area contributed by atoms with Gasteiger partial charge in [0.15, 0.2) is 9.84 Å². The van der Waals surface area contributed by atoms with E-state index in [9.17, 15) is 13.5 Å². The van der Waals surface area contributed by atoms with Crippen molar-refractivity contribution in [3.8, 4) is 0 Å². The highest BCUT2D eigenvalue weighted by Gasteiger charge is 2.40. The van der Waals surface area contributed by atoms with Crippen LogP contribution in [0.1, 0.15) is 12.0 Å². The monoisotopic (exact) mass is 338 g/mol. The molecule has 1 unspecified atom stereocenters. The third-order valence-electron chi connectivity index (χ3n) is 2.90. The number of hydrogen-bond donors (Lipinski definition) is 1. The van der Waals surface area contributed by atoms with Crippen molar-refractivity contribution in [2.24, 2.45) is 0 Å². The Labute approximate surface area is 114 Å². The first-order valence-electron chi connectivity index (χ1n) is 5.16. The van der Waals surface area contributed by atoms with Gasteiger partial charge in [0.05, 0.1) is 17.1 Å². The van der Waals surface area contributed by atoms with E-state index in [-0.39, 0.29) is 24.3 Å². The third-order valence-corrected chi connectivity index (χ3v) is 5.55. The Morgan fingerprint density at radius 1 is 1.47 bits per heavy atom. The van der Waals surface area contributed by atoms with Gasteiger partial charge in [-0.3, -0.25) is 0 Å². The van der Waals surface area contributed by atoms with Crippen molar-refractivity contribution in [2.75, 3.05) is 11.5 Å². The molecule has 1 heterocycles. The lowest BCUT2D eigenvalue weighted by atomic mass is 9.94. The maximum Gasteiger partial charge on any atom is 0.153 e. The van der Waals surface area contributed by atoms with Gasteiger partial charge >= 0.3 is 0 Å². The molecular weight excluding hydrogens is 328 g/mol. The summed E-state index contributed by atoms with van der Waals surface area (Å²) >= 11 is 9.35. The van der Waals surface area contributed by atoms with Crippen LogP contribution in [-0.2, 0) is 16.3 Å². The zero-order chi connectivity index (χ0) is 12.7. The fourth-order valence-corrected chi connectivity index (χ4v) is 4.70. The minimum atomic E-state index is -3.10. The van der Waals surface area contributed by atoms with Crippen LogP contribution in [0.25, 0.3) is 0 Å². The maximum absolute atomic E-state index is 11.4. The van der Waals surface area contributed by atoms with Gasteiger partial charge in [0, 0.05) is 15.9 Å². The molecule has 1 aliphatic rings. The summed E-state index contributed by atoms with van der Waals surface area (Å²) in [6.45, 7) is 0. The molecule has 94 valence electrons. The first kappa shape index (κ1) is 13.3. The molecule has 0 aliphatic carbocycles. The molecule has 0 amide bonds. The second-order valence-electron chi connectivity index (χ2n) is 4.48. The summed E-state index contributed by atoms with van der Waals surface area (Å²) in [4.78, 5) is 0. The molecule has 1 fully saturated rings. The lowest BCUT2D eigenvalue weighted by Gasteiger charge is -2.21. The van der Waals surface area contributed by atoms with E-state index in [1.165, 1.54) is 0 Å². The molecule has 0 radical (unpaired) electrons. The number of halogens is 2. The molecule has 1 aromatic rings. The van der Waals surface area contributed by atoms with Gasteiger partial charge in [0.2, 0.25) is 0 Å². The predicted molar refractivity (Wildman–Crippen MR) is 71.1 cm³/mol. The van der Waals surface area contributed by atoms with Gasteiger partial charge in [-0.2, -0.15) is 0 Å². The van der Waals surface area contributed by atoms with Gasteiger partial charge in [0.25, 0.3) is 0 Å². The molecule has 1 saturated heterocycles. The van der Waals surface area contributed by atoms with Gasteiger partial charge < -0.3 is 5.11 Å². The van der Waals surface area contributed by atoms with Crippen molar-refractivity contribution in [3.63, 3.8) is 0 Å². The summed E-state index contributed by atoms with van der Waals surface area (Å²) < 4.78 is 23.6. The Hall–Kier alpha value is -0.100. The topological polar surface area (TPSA) is 54.4 Å². The summed E-state index contributed by atoms with van der Waals surface area (Å²) in [7, 11) is -3.10. The Morgan fingerprint density at radius 3 is 2.71 bits per heavy atom. The zero-order valence-corrected chi connectivity index (χ0v) is 12.1. The van der Waals surface area contributed by atoms with Crippen LogP contribution in [0.5, 0.6) is 0 Å². The third kappa shape index (κ3) is 3.22. The standard InChI is InChI=1S/C11H12BrClO3S/c12-9-2-1-8(10(13)5-9)6-11(14)3-4-17(15,16)7-11/h1-2,5,14H,3-4,6-7H2. The van der Waals surface area contributed by atoms with E-state index >= 15 is 0 Å². The minimum absolute atomic E-state index is 0.0532. The molecule has 1 atom stereocenters. The van der Waals surface area contributed by atoms with Gasteiger partial charge in [-0.05, 0) is 24.1 Å². The van der Waals surface area contributed by atoms with E-state index < -0.39 is 15.4 Å². The molecule has 1 N–H and O–H groups in total. The van der Waals surface area contributed by atoms with Crippen LogP contribution in [0.2, 0.25) is 5.02 Å². The van der Waals surface area contributed by atoms with E-state index in [4.69, 9.17) is 11.6 Å². The normalized spacial score (nSPS) is 27.2. The molecule has 0 bridgehead atoms. The zero-order valence-electron chi connectivity index (χ0n) is 8.99. The summed E-state index contributed by atoms with van der Waals surface area (Å²) in [5, 5.41) is 10.8. The van der Waals surface area contributed by atoms with Crippen molar-refractivity contribution in [3.05, 3.63) is 33.3 Å². The molecular formula is C11H12BrClO3S. The Kier molecular flexibility index (Phi) is 3.56. The molecule has 17 heavy (non-hydrogen) atoms. The number of aliphatic hydroxyl groups is 1. The predicted octanol–water partition coefficient (Wildman–Crippen LogP) is 2.19. The van der Waals surface area contributed by atoms with Crippen LogP contribution < -0.4 is 0 Å². The van der Waals surface area contributed by atoms with E-state index in [1.54, 1.807) is 12.1 Å². The number of sulfone groups is 1. The van der Waals surface area contributed by atoms with Crippen molar-refractivity contribution >= 4 is 37.4 Å². The first-order chi connectivity index (χ1) is 7.80. The summed E-state index contributed by atoms with van der Waals surface area (Å²) in [5.41, 5.74) is -0.398. The highest BCUT2D eigenvalue weighted by atomic mass is 79.9. The van der Waals surface area contributed by atoms with E-state index in [2.05, 4.69) is 15.9 Å². The Morgan fingerprint density at radius 2 is 2.18 bits per heavy atom. The summed E-state index contributed by atoms with van der Waals surface area (Å²) in [6.07, 6.45) is 0.556. The van der Waals surface area contributed by atoms with Gasteiger partial charge in [-0.25, -0.2) is 8.42 Å². The molecule has 6 heteroatoms. The smallest absolute Gasteiger partial charge is 0.153 e. The fraction of sp³-hybridized carbons (Fsp3) is 0.455. The molecule has 1 aliphatic heterocycles. The van der Waals surface area contributed by atoms with Crippen molar-refractivity contribution in [1.82, 2.24) is 0 Å². The number of rotatable bonds is 2. The highest BCUT2D eigenvalue weighted by molar-refractivity contribution is 9.10. The van der Waals surface area contributed by atoms with Gasteiger partial charge in [-0.1, -0.05) is 33.6 Å². The van der Waals surface area contributed by atoms with Gasteiger partial charge in [0.1, 0.15) is 0 Å². The molecule has 0 aromatic heterocycles. The van der Waals surface area contributed by atoms with Crippen molar-refractivity contribution in [1.29, 1.82) is 0 Å². The highest BCUT2D eigenvalue weighted by Crippen LogP contribution is 2.31. The molecule has 0 saturated carbocycles. The average Bonchev–Trinajstić information content (AvgIpc) is 2.46. The van der Waals surface area contributed by atoms with E-state index in [1.807, 2.05) is 6.07 Å². The lowest BCUT2D eigenvalue weighted by Crippen LogP contribution is -2.32. The Bertz CT molecular complexity index is 544. The number of benzene rings is 1. The van der Waals surface area contributed by atoms with E-state index in [0.29, 0.717) is 5.02 Å². The maximum atomic E-state index is 11.4. The Balaban J connectivity index is 2.22. The van der Waals surface area contributed by atoms with E-state index in [0.717, 1.165) is 10.0 Å². The SMILES string of the molecule is O=S1(=O)CCC(O)(Cc2ccc(Br)cc2Cl)C1. The molecule has 3 nitrogen and oxygen atoms in total. The first-order valence-corrected chi connectivity index (χ1v) is 8.16. The lowest BCUT2D eigenvalue weighted by molar-refractivity contribution is 0.0682. The van der Waals surface area contributed by atoms with Crippen molar-refractivity contribution < 1.29 is 13.5 Å². The fourth-order valence-electron chi connectivity index (χ4n) is 2.06. The average molecular weight is 340 g/mol. The van der Waals surface area contributed by atoms with Crippen LogP contribution in [0, 0.1) is 0 Å². The van der Waals surface area contributed by atoms with Crippen LogP contribution >= 0.6 is 27.5 Å². The van der Waals surface area contributed by atoms with Crippen LogP contribution in [0.15, 0.2) is 22.7 Å². The quantitative estimate of drug-likeness (QED) is 0.898.